The molecule has 0 saturated carbocycles. The molecule has 0 N–H and O–H groups in total. The highest BCUT2D eigenvalue weighted by Crippen LogP contribution is 2.31. The van der Waals surface area contributed by atoms with E-state index in [9.17, 15) is 17.2 Å². The van der Waals surface area contributed by atoms with E-state index in [2.05, 4.69) is 0 Å². The molecule has 2 aromatic rings. The largest absolute Gasteiger partial charge is 0.478 e. The van der Waals surface area contributed by atoms with Crippen LogP contribution in [0.2, 0.25) is 0 Å². The van der Waals surface area contributed by atoms with Gasteiger partial charge in [-0.2, -0.15) is 0 Å². The van der Waals surface area contributed by atoms with E-state index in [4.69, 9.17) is 4.74 Å². The molecule has 0 aliphatic carbocycles. The first-order valence-corrected chi connectivity index (χ1v) is 8.60. The van der Waals surface area contributed by atoms with Crippen molar-refractivity contribution in [1.82, 2.24) is 0 Å². The Bertz CT molecular complexity index is 877. The molecule has 0 aromatic heterocycles. The van der Waals surface area contributed by atoms with Gasteiger partial charge in [-0.3, -0.25) is 0 Å². The van der Waals surface area contributed by atoms with Crippen LogP contribution in [0.1, 0.15) is 5.56 Å². The van der Waals surface area contributed by atoms with Gasteiger partial charge in [-0.15, -0.1) is 0 Å². The molecule has 3 rings (SSSR count). The number of hydrogen-bond acceptors (Lipinski definition) is 4. The number of benzene rings is 2. The summed E-state index contributed by atoms with van der Waals surface area (Å²) >= 11 is 0. The maximum absolute atomic E-state index is 14.1. The number of ether oxygens (including phenoxy) is 1. The summed E-state index contributed by atoms with van der Waals surface area (Å²) in [5.74, 6) is -1.18. The maximum atomic E-state index is 14.1. The quantitative estimate of drug-likeness (QED) is 0.863. The molecule has 0 fully saturated rings. The first-order chi connectivity index (χ1) is 10.9. The second-order valence-electron chi connectivity index (χ2n) is 5.12. The molecule has 23 heavy (non-hydrogen) atoms. The van der Waals surface area contributed by atoms with E-state index < -0.39 is 15.7 Å². The van der Waals surface area contributed by atoms with Gasteiger partial charge >= 0.3 is 0 Å². The number of hydrogen-bond donors (Lipinski definition) is 0. The molecular formula is C16H13F2NO3S. The highest BCUT2D eigenvalue weighted by atomic mass is 32.2. The minimum absolute atomic E-state index is 0.205. The molecule has 1 heterocycles. The second-order valence-corrected chi connectivity index (χ2v) is 7.10. The van der Waals surface area contributed by atoms with Crippen LogP contribution in [0.15, 0.2) is 53.6 Å². The Morgan fingerprint density at radius 2 is 1.78 bits per heavy atom. The molecule has 0 spiro atoms. The van der Waals surface area contributed by atoms with E-state index >= 15 is 0 Å². The average molecular weight is 337 g/mol. The van der Waals surface area contributed by atoms with Crippen molar-refractivity contribution < 1.29 is 21.9 Å². The number of halogens is 2. The molecule has 2 aromatic carbocycles. The first kappa shape index (κ1) is 15.5. The summed E-state index contributed by atoms with van der Waals surface area (Å²) in [6.45, 7) is 0.205. The first-order valence-electron chi connectivity index (χ1n) is 6.71. The zero-order valence-corrected chi connectivity index (χ0v) is 13.0. The van der Waals surface area contributed by atoms with Gasteiger partial charge in [0.05, 0.1) is 5.70 Å². The number of nitrogens with zero attached hydrogens (tertiary/aromatic N) is 1. The normalized spacial score (nSPS) is 14.6. The van der Waals surface area contributed by atoms with Crippen molar-refractivity contribution >= 4 is 21.2 Å². The van der Waals surface area contributed by atoms with Crippen LogP contribution in [-0.2, 0) is 14.6 Å². The van der Waals surface area contributed by atoms with Crippen LogP contribution in [0, 0.1) is 11.6 Å². The fraction of sp³-hybridized carbons (Fsp3) is 0.125. The van der Waals surface area contributed by atoms with Gasteiger partial charge in [0, 0.05) is 17.5 Å². The van der Waals surface area contributed by atoms with Crippen molar-refractivity contribution in [3.63, 3.8) is 0 Å². The Morgan fingerprint density at radius 3 is 2.39 bits per heavy atom. The minimum atomic E-state index is -3.63. The van der Waals surface area contributed by atoms with Crippen LogP contribution in [0.5, 0.6) is 0 Å². The van der Waals surface area contributed by atoms with E-state index in [-0.39, 0.29) is 17.4 Å². The van der Waals surface area contributed by atoms with E-state index in [1.54, 1.807) is 17.0 Å². The second kappa shape index (κ2) is 5.66. The average Bonchev–Trinajstić information content (AvgIpc) is 2.96. The molecule has 4 nitrogen and oxygen atoms in total. The lowest BCUT2D eigenvalue weighted by Crippen LogP contribution is -2.18. The molecule has 0 amide bonds. The van der Waals surface area contributed by atoms with Crippen LogP contribution >= 0.6 is 0 Å². The third-order valence-electron chi connectivity index (χ3n) is 3.45. The van der Waals surface area contributed by atoms with E-state index in [0.29, 0.717) is 16.9 Å². The molecule has 0 radical (unpaired) electrons. The Hall–Kier alpha value is -2.41. The van der Waals surface area contributed by atoms with Gasteiger partial charge in [0.1, 0.15) is 22.8 Å². The van der Waals surface area contributed by atoms with Crippen LogP contribution in [-0.4, -0.2) is 21.4 Å². The van der Waals surface area contributed by atoms with Gasteiger partial charge in [0.2, 0.25) is 0 Å². The zero-order chi connectivity index (χ0) is 16.6. The number of sulfone groups is 1. The van der Waals surface area contributed by atoms with E-state index in [0.717, 1.165) is 12.3 Å². The third-order valence-corrected chi connectivity index (χ3v) is 4.58. The molecular weight excluding hydrogens is 324 g/mol. The summed E-state index contributed by atoms with van der Waals surface area (Å²) in [4.78, 5) is 1.38. The Balaban J connectivity index is 1.97. The molecule has 0 unspecified atom stereocenters. The molecule has 120 valence electrons. The van der Waals surface area contributed by atoms with Gasteiger partial charge in [0.15, 0.2) is 16.6 Å². The summed E-state index contributed by atoms with van der Waals surface area (Å²) < 4.78 is 55.3. The molecule has 0 atom stereocenters. The van der Waals surface area contributed by atoms with E-state index in [1.807, 2.05) is 0 Å². The summed E-state index contributed by atoms with van der Waals surface area (Å²) in [5.41, 5.74) is 1.72. The smallest absolute Gasteiger partial charge is 0.178 e. The lowest BCUT2D eigenvalue weighted by atomic mass is 10.1. The van der Waals surface area contributed by atoms with Gasteiger partial charge in [-0.25, -0.2) is 17.2 Å². The van der Waals surface area contributed by atoms with Crippen LogP contribution in [0.3, 0.4) is 0 Å². The summed E-state index contributed by atoms with van der Waals surface area (Å²) in [5, 5.41) is 0. The number of anilines is 1. The molecule has 0 saturated heterocycles. The predicted molar refractivity (Wildman–Crippen MR) is 82.3 cm³/mol. The van der Waals surface area contributed by atoms with Gasteiger partial charge in [-0.1, -0.05) is 6.07 Å². The maximum Gasteiger partial charge on any atom is 0.178 e. The van der Waals surface area contributed by atoms with Crippen molar-refractivity contribution in [3.05, 3.63) is 65.9 Å². The highest BCUT2D eigenvalue weighted by molar-refractivity contribution is 7.90. The van der Waals surface area contributed by atoms with Crippen molar-refractivity contribution in [3.8, 4) is 0 Å². The Morgan fingerprint density at radius 1 is 1.09 bits per heavy atom. The molecule has 0 bridgehead atoms. The van der Waals surface area contributed by atoms with Gasteiger partial charge < -0.3 is 9.64 Å². The topological polar surface area (TPSA) is 46.6 Å². The van der Waals surface area contributed by atoms with Crippen molar-refractivity contribution in [2.75, 3.05) is 17.9 Å². The highest BCUT2D eigenvalue weighted by Gasteiger charge is 2.22. The zero-order valence-electron chi connectivity index (χ0n) is 12.2. The lowest BCUT2D eigenvalue weighted by molar-refractivity contribution is 0.282. The van der Waals surface area contributed by atoms with Crippen LogP contribution in [0.25, 0.3) is 5.70 Å². The molecule has 7 heteroatoms. The minimum Gasteiger partial charge on any atom is -0.478 e. The van der Waals surface area contributed by atoms with Crippen LogP contribution < -0.4 is 4.90 Å². The summed E-state index contributed by atoms with van der Waals surface area (Å²) in [6.07, 6.45) is 2.41. The SMILES string of the molecule is CS(=O)(=O)c1ccc(C2=COCN2c2ccc(F)cc2)cc1F. The summed E-state index contributed by atoms with van der Waals surface area (Å²) in [7, 11) is -3.63. The molecule has 1 aliphatic rings. The standard InChI is InChI=1S/C16H13F2NO3S/c1-23(20,21)16-7-2-11(8-14(16)18)15-9-22-10-19(15)13-5-3-12(17)4-6-13/h2-9H,10H2,1H3. The fourth-order valence-electron chi connectivity index (χ4n) is 2.34. The van der Waals surface area contributed by atoms with E-state index in [1.165, 1.54) is 30.5 Å². The number of rotatable bonds is 3. The van der Waals surface area contributed by atoms with Crippen molar-refractivity contribution in [1.29, 1.82) is 0 Å². The van der Waals surface area contributed by atoms with Gasteiger partial charge in [-0.05, 0) is 36.4 Å². The predicted octanol–water partition coefficient (Wildman–Crippen LogP) is 3.16. The lowest BCUT2D eigenvalue weighted by Gasteiger charge is -2.20. The Labute approximate surface area is 132 Å². The van der Waals surface area contributed by atoms with Crippen molar-refractivity contribution in [2.45, 2.75) is 4.90 Å². The third kappa shape index (κ3) is 3.05. The Kier molecular flexibility index (Phi) is 3.81. The monoisotopic (exact) mass is 337 g/mol. The molecule has 1 aliphatic heterocycles. The van der Waals surface area contributed by atoms with Crippen LogP contribution in [0.4, 0.5) is 14.5 Å². The van der Waals surface area contributed by atoms with Crippen molar-refractivity contribution in [2.24, 2.45) is 0 Å². The summed E-state index contributed by atoms with van der Waals surface area (Å²) in [6, 6.07) is 9.68. The fourth-order valence-corrected chi connectivity index (χ4v) is 3.07. The van der Waals surface area contributed by atoms with Gasteiger partial charge in [0.25, 0.3) is 0 Å².